The quantitative estimate of drug-likeness (QED) is 0.846. The highest BCUT2D eigenvalue weighted by atomic mass is 35.5. The molecule has 1 fully saturated rings. The van der Waals surface area contributed by atoms with Gasteiger partial charge in [0.15, 0.2) is 0 Å². The monoisotopic (exact) mass is 397 g/mol. The van der Waals surface area contributed by atoms with Crippen molar-refractivity contribution in [2.75, 3.05) is 18.0 Å². The molecule has 2 aromatic carbocycles. The smallest absolute Gasteiger partial charge is 0.257 e. The van der Waals surface area contributed by atoms with Crippen LogP contribution in [0.25, 0.3) is 0 Å². The van der Waals surface area contributed by atoms with Crippen LogP contribution >= 0.6 is 11.6 Å². The highest BCUT2D eigenvalue weighted by Crippen LogP contribution is 2.35. The Balaban J connectivity index is 1.58. The van der Waals surface area contributed by atoms with Crippen LogP contribution in [0.15, 0.2) is 42.5 Å². The molecule has 6 heteroatoms. The molecule has 2 aliphatic heterocycles. The van der Waals surface area contributed by atoms with Gasteiger partial charge in [0, 0.05) is 30.2 Å². The van der Waals surface area contributed by atoms with Crippen molar-refractivity contribution in [1.82, 2.24) is 10.2 Å². The second kappa shape index (κ2) is 7.84. The van der Waals surface area contributed by atoms with Crippen molar-refractivity contribution in [3.05, 3.63) is 64.2 Å². The number of nitrogens with one attached hydrogen (secondary N) is 1. The minimum absolute atomic E-state index is 0.0763. The van der Waals surface area contributed by atoms with Crippen LogP contribution in [-0.2, 0) is 6.54 Å². The van der Waals surface area contributed by atoms with Gasteiger partial charge >= 0.3 is 0 Å². The zero-order valence-corrected chi connectivity index (χ0v) is 16.7. The summed E-state index contributed by atoms with van der Waals surface area (Å²) in [5, 5.41) is 3.56. The van der Waals surface area contributed by atoms with E-state index < -0.39 is 0 Å². The van der Waals surface area contributed by atoms with Gasteiger partial charge in [0.2, 0.25) is 0 Å². The number of hydrogen-bond acceptors (Lipinski definition) is 3. The number of halogens is 1. The number of fused-ring (bicyclic) bond motifs is 2. The Morgan fingerprint density at radius 3 is 2.82 bits per heavy atom. The fourth-order valence-electron chi connectivity index (χ4n) is 4.18. The molecular formula is C22H24ClN3O2. The van der Waals surface area contributed by atoms with Gasteiger partial charge in [-0.05, 0) is 56.0 Å². The zero-order valence-electron chi connectivity index (χ0n) is 16.0. The third-order valence-electron chi connectivity index (χ3n) is 5.63. The SMILES string of the molecule is CCN1c2cc(C(=O)NCc3ccccc3Cl)ccc2C(=O)N2CCCC[C@H]21. The van der Waals surface area contributed by atoms with Gasteiger partial charge in [0.25, 0.3) is 11.8 Å². The highest BCUT2D eigenvalue weighted by molar-refractivity contribution is 6.31. The Bertz CT molecular complexity index is 914. The van der Waals surface area contributed by atoms with Crippen LogP contribution < -0.4 is 10.2 Å². The molecule has 1 saturated heterocycles. The average molecular weight is 398 g/mol. The van der Waals surface area contributed by atoms with E-state index in [1.54, 1.807) is 12.1 Å². The fraction of sp³-hybridized carbons (Fsp3) is 0.364. The predicted molar refractivity (Wildman–Crippen MR) is 111 cm³/mol. The van der Waals surface area contributed by atoms with Crippen molar-refractivity contribution in [3.8, 4) is 0 Å². The third-order valence-corrected chi connectivity index (χ3v) is 6.00. The van der Waals surface area contributed by atoms with Crippen LogP contribution in [-0.4, -0.2) is 36.0 Å². The topological polar surface area (TPSA) is 52.7 Å². The second-order valence-corrected chi connectivity index (χ2v) is 7.67. The van der Waals surface area contributed by atoms with E-state index in [9.17, 15) is 9.59 Å². The van der Waals surface area contributed by atoms with Gasteiger partial charge < -0.3 is 15.1 Å². The lowest BCUT2D eigenvalue weighted by atomic mass is 9.97. The number of anilines is 1. The molecule has 0 saturated carbocycles. The standard InChI is InChI=1S/C22H24ClN3O2/c1-2-25-19-13-15(21(27)24-14-16-7-3-4-8-18(16)23)10-11-17(19)22(28)26-12-6-5-9-20(25)26/h3-4,7-8,10-11,13,20H,2,5-6,9,12,14H2,1H3,(H,24,27)/t20-/m0/s1. The Morgan fingerprint density at radius 1 is 1.21 bits per heavy atom. The lowest BCUT2D eigenvalue weighted by Gasteiger charge is -2.47. The van der Waals surface area contributed by atoms with E-state index >= 15 is 0 Å². The first-order chi connectivity index (χ1) is 13.6. The molecule has 0 aromatic heterocycles. The Kier molecular flexibility index (Phi) is 5.27. The lowest BCUT2D eigenvalue weighted by molar-refractivity contribution is 0.0582. The summed E-state index contributed by atoms with van der Waals surface area (Å²) in [4.78, 5) is 29.9. The van der Waals surface area contributed by atoms with E-state index in [0.717, 1.165) is 43.6 Å². The maximum Gasteiger partial charge on any atom is 0.257 e. The van der Waals surface area contributed by atoms with Crippen molar-refractivity contribution in [2.45, 2.75) is 38.9 Å². The first-order valence-corrected chi connectivity index (χ1v) is 10.2. The number of rotatable bonds is 4. The molecule has 0 bridgehead atoms. The number of benzene rings is 2. The van der Waals surface area contributed by atoms with Crippen molar-refractivity contribution in [3.63, 3.8) is 0 Å². The highest BCUT2D eigenvalue weighted by Gasteiger charge is 2.38. The van der Waals surface area contributed by atoms with Crippen LogP contribution in [0, 0.1) is 0 Å². The van der Waals surface area contributed by atoms with Gasteiger partial charge in [0.05, 0.1) is 11.3 Å². The summed E-state index contributed by atoms with van der Waals surface area (Å²) in [5.74, 6) is -0.0929. The Hall–Kier alpha value is -2.53. The van der Waals surface area contributed by atoms with Crippen LogP contribution in [0.3, 0.4) is 0 Å². The maximum atomic E-state index is 12.9. The molecule has 0 aliphatic carbocycles. The molecule has 0 unspecified atom stereocenters. The van der Waals surface area contributed by atoms with Gasteiger partial charge in [-0.25, -0.2) is 0 Å². The van der Waals surface area contributed by atoms with Gasteiger partial charge in [-0.15, -0.1) is 0 Å². The number of carbonyl (C=O) groups is 2. The Morgan fingerprint density at radius 2 is 2.04 bits per heavy atom. The van der Waals surface area contributed by atoms with E-state index in [-0.39, 0.29) is 18.0 Å². The summed E-state index contributed by atoms with van der Waals surface area (Å²) in [6.07, 6.45) is 3.25. The number of piperidine rings is 1. The number of hydrogen-bond donors (Lipinski definition) is 1. The van der Waals surface area contributed by atoms with Gasteiger partial charge in [-0.3, -0.25) is 9.59 Å². The molecule has 4 rings (SSSR count). The maximum absolute atomic E-state index is 12.9. The van der Waals surface area contributed by atoms with E-state index in [0.29, 0.717) is 22.7 Å². The zero-order chi connectivity index (χ0) is 19.7. The molecule has 0 spiro atoms. The summed E-state index contributed by atoms with van der Waals surface area (Å²) in [6.45, 7) is 4.06. The molecule has 0 radical (unpaired) electrons. The Labute approximate surface area is 170 Å². The molecule has 2 aromatic rings. The van der Waals surface area contributed by atoms with Crippen LogP contribution in [0.4, 0.5) is 5.69 Å². The molecule has 2 aliphatic rings. The summed E-state index contributed by atoms with van der Waals surface area (Å²) < 4.78 is 0. The van der Waals surface area contributed by atoms with Crippen LogP contribution in [0.5, 0.6) is 0 Å². The molecule has 1 atom stereocenters. The second-order valence-electron chi connectivity index (χ2n) is 7.27. The van der Waals surface area contributed by atoms with Crippen LogP contribution in [0.2, 0.25) is 5.02 Å². The third kappa shape index (κ3) is 3.35. The lowest BCUT2D eigenvalue weighted by Crippen LogP contribution is -2.57. The summed E-state index contributed by atoms with van der Waals surface area (Å²) in [5.41, 5.74) is 2.98. The molecule has 1 N–H and O–H groups in total. The predicted octanol–water partition coefficient (Wildman–Crippen LogP) is 4.06. The number of nitrogens with zero attached hydrogens (tertiary/aromatic N) is 2. The molecular weight excluding hydrogens is 374 g/mol. The fourth-order valence-corrected chi connectivity index (χ4v) is 4.38. The van der Waals surface area contributed by atoms with E-state index in [1.807, 2.05) is 35.2 Å². The van der Waals surface area contributed by atoms with E-state index in [2.05, 4.69) is 17.1 Å². The molecule has 5 nitrogen and oxygen atoms in total. The van der Waals surface area contributed by atoms with Crippen LogP contribution in [0.1, 0.15) is 52.5 Å². The van der Waals surface area contributed by atoms with Gasteiger partial charge in [-0.2, -0.15) is 0 Å². The van der Waals surface area contributed by atoms with E-state index in [4.69, 9.17) is 11.6 Å². The number of amides is 2. The minimum Gasteiger partial charge on any atom is -0.351 e. The molecule has 28 heavy (non-hydrogen) atoms. The molecule has 2 amide bonds. The van der Waals surface area contributed by atoms with Crippen molar-refractivity contribution >= 4 is 29.1 Å². The van der Waals surface area contributed by atoms with Crippen molar-refractivity contribution in [2.24, 2.45) is 0 Å². The van der Waals surface area contributed by atoms with Crippen molar-refractivity contribution < 1.29 is 9.59 Å². The minimum atomic E-state index is -0.169. The first-order valence-electron chi connectivity index (χ1n) is 9.83. The largest absolute Gasteiger partial charge is 0.351 e. The average Bonchev–Trinajstić information content (AvgIpc) is 2.73. The number of carbonyl (C=O) groups excluding carboxylic acids is 2. The first kappa shape index (κ1) is 18.8. The molecule has 146 valence electrons. The summed E-state index contributed by atoms with van der Waals surface area (Å²) in [7, 11) is 0. The summed E-state index contributed by atoms with van der Waals surface area (Å²) >= 11 is 6.17. The summed E-state index contributed by atoms with van der Waals surface area (Å²) in [6, 6.07) is 12.8. The van der Waals surface area contributed by atoms with Crippen molar-refractivity contribution in [1.29, 1.82) is 0 Å². The van der Waals surface area contributed by atoms with E-state index in [1.165, 1.54) is 0 Å². The molecule has 2 heterocycles. The van der Waals surface area contributed by atoms with Gasteiger partial charge in [0.1, 0.15) is 6.17 Å². The van der Waals surface area contributed by atoms with Gasteiger partial charge in [-0.1, -0.05) is 29.8 Å². The normalized spacial score (nSPS) is 18.5.